The van der Waals surface area contributed by atoms with Crippen LogP contribution >= 0.6 is 11.3 Å². The van der Waals surface area contributed by atoms with Crippen molar-refractivity contribution in [1.29, 1.82) is 0 Å². The summed E-state index contributed by atoms with van der Waals surface area (Å²) in [4.78, 5) is 24.7. The van der Waals surface area contributed by atoms with Crippen molar-refractivity contribution in [3.63, 3.8) is 0 Å². The monoisotopic (exact) mass is 405 g/mol. The van der Waals surface area contributed by atoms with Gasteiger partial charge in [0.25, 0.3) is 5.91 Å². The average molecular weight is 406 g/mol. The van der Waals surface area contributed by atoms with Crippen LogP contribution in [0.2, 0.25) is 0 Å². The van der Waals surface area contributed by atoms with Gasteiger partial charge < -0.3 is 5.32 Å². The summed E-state index contributed by atoms with van der Waals surface area (Å²) in [6.07, 6.45) is 3.41. The number of anilines is 1. The van der Waals surface area contributed by atoms with E-state index in [9.17, 15) is 4.79 Å². The van der Waals surface area contributed by atoms with Crippen molar-refractivity contribution in [2.24, 2.45) is 0 Å². The normalized spacial score (nSPS) is 11.4. The molecule has 0 unspecified atom stereocenters. The van der Waals surface area contributed by atoms with Gasteiger partial charge in [-0.3, -0.25) is 4.79 Å². The van der Waals surface area contributed by atoms with E-state index in [2.05, 4.69) is 49.2 Å². The van der Waals surface area contributed by atoms with Gasteiger partial charge in [0.15, 0.2) is 5.65 Å². The Morgan fingerprint density at radius 3 is 2.62 bits per heavy atom. The van der Waals surface area contributed by atoms with Crippen LogP contribution in [0.1, 0.15) is 45.6 Å². The molecule has 4 heterocycles. The second kappa shape index (κ2) is 7.40. The minimum atomic E-state index is -0.218. The summed E-state index contributed by atoms with van der Waals surface area (Å²) in [5.74, 6) is 0.310. The summed E-state index contributed by atoms with van der Waals surface area (Å²) in [5.41, 5.74) is 4.12. The molecule has 1 amide bonds. The highest BCUT2D eigenvalue weighted by atomic mass is 32.1. The van der Waals surface area contributed by atoms with Crippen molar-refractivity contribution in [2.45, 2.75) is 40.7 Å². The fraction of sp³-hybridized carbons (Fsp3) is 0.273. The highest BCUT2D eigenvalue weighted by molar-refractivity contribution is 7.12. The Balaban J connectivity index is 1.87. The summed E-state index contributed by atoms with van der Waals surface area (Å²) in [7, 11) is 0. The van der Waals surface area contributed by atoms with Gasteiger partial charge in [-0.15, -0.1) is 11.3 Å². The van der Waals surface area contributed by atoms with Gasteiger partial charge in [0, 0.05) is 27.6 Å². The number of carbonyl (C=O) groups excluding carboxylic acids is 1. The predicted octanol–water partition coefficient (Wildman–Crippen LogP) is 5.31. The second-order valence-corrected chi connectivity index (χ2v) is 8.94. The number of aromatic nitrogens is 4. The van der Waals surface area contributed by atoms with Crippen LogP contribution in [0.15, 0.2) is 36.7 Å². The minimum Gasteiger partial charge on any atom is -0.307 e. The minimum absolute atomic E-state index is 0.134. The number of nitrogens with zero attached hydrogens (tertiary/aromatic N) is 4. The number of hydrogen-bond donors (Lipinski definition) is 1. The number of amides is 1. The van der Waals surface area contributed by atoms with Gasteiger partial charge in [-0.25, -0.2) is 14.6 Å². The van der Waals surface area contributed by atoms with Crippen molar-refractivity contribution < 1.29 is 4.79 Å². The molecule has 148 valence electrons. The molecule has 0 aliphatic heterocycles. The number of hydrogen-bond acceptors (Lipinski definition) is 5. The Kier molecular flexibility index (Phi) is 4.92. The number of thiophene rings is 1. The highest BCUT2D eigenvalue weighted by Gasteiger charge is 2.20. The van der Waals surface area contributed by atoms with E-state index >= 15 is 0 Å². The van der Waals surface area contributed by atoms with E-state index in [-0.39, 0.29) is 11.9 Å². The molecule has 7 heteroatoms. The lowest BCUT2D eigenvalue weighted by Gasteiger charge is -2.11. The quantitative estimate of drug-likeness (QED) is 0.499. The largest absolute Gasteiger partial charge is 0.307 e. The van der Waals surface area contributed by atoms with E-state index in [0.717, 1.165) is 22.2 Å². The molecule has 0 aliphatic rings. The maximum atomic E-state index is 13.2. The van der Waals surface area contributed by atoms with Gasteiger partial charge in [0.1, 0.15) is 5.82 Å². The smallest absolute Gasteiger partial charge is 0.257 e. The SMILES string of the molecule is Cc1ccnc(NC(=O)c2cc(-c3cc(C)sc3C)nc3c2cnn3C(C)C)c1. The summed E-state index contributed by atoms with van der Waals surface area (Å²) in [6.45, 7) is 10.2. The molecule has 6 nitrogen and oxygen atoms in total. The maximum absolute atomic E-state index is 13.2. The van der Waals surface area contributed by atoms with Gasteiger partial charge in [0.05, 0.1) is 22.8 Å². The fourth-order valence-corrected chi connectivity index (χ4v) is 4.33. The van der Waals surface area contributed by atoms with Gasteiger partial charge >= 0.3 is 0 Å². The Morgan fingerprint density at radius 2 is 1.97 bits per heavy atom. The van der Waals surface area contributed by atoms with Gasteiger partial charge in [0.2, 0.25) is 0 Å². The fourth-order valence-electron chi connectivity index (χ4n) is 3.40. The molecule has 4 aromatic heterocycles. The number of fused-ring (bicyclic) bond motifs is 1. The second-order valence-electron chi connectivity index (χ2n) is 7.47. The van der Waals surface area contributed by atoms with Crippen molar-refractivity contribution >= 4 is 34.1 Å². The number of pyridine rings is 2. The lowest BCUT2D eigenvalue weighted by atomic mass is 10.1. The molecule has 0 saturated carbocycles. The van der Waals surface area contributed by atoms with Gasteiger partial charge in [-0.1, -0.05) is 0 Å². The Morgan fingerprint density at radius 1 is 1.17 bits per heavy atom. The van der Waals surface area contributed by atoms with E-state index in [0.29, 0.717) is 17.0 Å². The molecule has 0 saturated heterocycles. The van der Waals surface area contributed by atoms with E-state index in [4.69, 9.17) is 4.98 Å². The lowest BCUT2D eigenvalue weighted by Crippen LogP contribution is -2.14. The third kappa shape index (κ3) is 3.65. The van der Waals surface area contributed by atoms with Crippen molar-refractivity contribution in [2.75, 3.05) is 5.32 Å². The molecule has 0 fully saturated rings. The van der Waals surface area contributed by atoms with E-state index in [1.54, 1.807) is 23.7 Å². The molecule has 1 N–H and O–H groups in total. The third-order valence-corrected chi connectivity index (χ3v) is 5.74. The molecule has 29 heavy (non-hydrogen) atoms. The van der Waals surface area contributed by atoms with Crippen LogP contribution < -0.4 is 5.32 Å². The zero-order chi connectivity index (χ0) is 20.7. The van der Waals surface area contributed by atoms with Crippen LogP contribution in [0.3, 0.4) is 0 Å². The van der Waals surface area contributed by atoms with Crippen molar-refractivity contribution in [1.82, 2.24) is 19.7 Å². The number of carbonyl (C=O) groups is 1. The van der Waals surface area contributed by atoms with Gasteiger partial charge in [-0.05, 0) is 64.4 Å². The van der Waals surface area contributed by atoms with Crippen LogP contribution in [0, 0.1) is 20.8 Å². The molecular weight excluding hydrogens is 382 g/mol. The first-order valence-electron chi connectivity index (χ1n) is 9.53. The maximum Gasteiger partial charge on any atom is 0.257 e. The summed E-state index contributed by atoms with van der Waals surface area (Å²) in [5, 5.41) is 8.13. The first-order chi connectivity index (χ1) is 13.8. The Bertz CT molecular complexity index is 1220. The standard InChI is InChI=1S/C22H23N5OS/c1-12(2)27-21-18(11-24-27)17(22(28)26-20-8-13(3)6-7-23-20)10-19(25-21)16-9-14(4)29-15(16)5/h6-12H,1-5H3,(H,23,26,28). The molecular formula is C22H23N5OS. The van der Waals surface area contributed by atoms with E-state index in [1.165, 1.54) is 9.75 Å². The van der Waals surface area contributed by atoms with Crippen LogP contribution in [-0.4, -0.2) is 25.7 Å². The highest BCUT2D eigenvalue weighted by Crippen LogP contribution is 2.32. The first kappa shape index (κ1) is 19.3. The average Bonchev–Trinajstić information content (AvgIpc) is 3.23. The molecule has 0 aliphatic carbocycles. The zero-order valence-corrected chi connectivity index (χ0v) is 18.0. The van der Waals surface area contributed by atoms with Crippen LogP contribution in [-0.2, 0) is 0 Å². The predicted molar refractivity (Wildman–Crippen MR) is 118 cm³/mol. The zero-order valence-electron chi connectivity index (χ0n) is 17.1. The summed E-state index contributed by atoms with van der Waals surface area (Å²) < 4.78 is 1.86. The number of aryl methyl sites for hydroxylation is 3. The Labute approximate surface area is 173 Å². The molecule has 0 radical (unpaired) electrons. The van der Waals surface area contributed by atoms with E-state index < -0.39 is 0 Å². The first-order valence-corrected chi connectivity index (χ1v) is 10.3. The van der Waals surface area contributed by atoms with Crippen LogP contribution in [0.4, 0.5) is 5.82 Å². The molecule has 0 atom stereocenters. The van der Waals surface area contributed by atoms with Crippen molar-refractivity contribution in [3.05, 3.63) is 57.5 Å². The number of rotatable bonds is 4. The number of nitrogens with one attached hydrogen (secondary N) is 1. The third-order valence-electron chi connectivity index (χ3n) is 4.77. The molecule has 4 aromatic rings. The van der Waals surface area contributed by atoms with E-state index in [1.807, 2.05) is 29.8 Å². The van der Waals surface area contributed by atoms with Crippen LogP contribution in [0.25, 0.3) is 22.3 Å². The van der Waals surface area contributed by atoms with Gasteiger partial charge in [-0.2, -0.15) is 5.10 Å². The summed E-state index contributed by atoms with van der Waals surface area (Å²) in [6, 6.07) is 7.85. The molecule has 4 rings (SSSR count). The molecule has 0 bridgehead atoms. The van der Waals surface area contributed by atoms with Crippen molar-refractivity contribution in [3.8, 4) is 11.3 Å². The molecule has 0 aromatic carbocycles. The Hall–Kier alpha value is -3.06. The van der Waals surface area contributed by atoms with Crippen LogP contribution in [0.5, 0.6) is 0 Å². The molecule has 0 spiro atoms. The lowest BCUT2D eigenvalue weighted by molar-refractivity contribution is 0.102. The summed E-state index contributed by atoms with van der Waals surface area (Å²) >= 11 is 1.73. The topological polar surface area (TPSA) is 72.7 Å².